The van der Waals surface area contributed by atoms with Gasteiger partial charge in [0.15, 0.2) is 0 Å². The Balaban J connectivity index is 1.78. The number of nitrogens with one attached hydrogen (secondary N) is 1. The van der Waals surface area contributed by atoms with Crippen LogP contribution in [0.5, 0.6) is 5.75 Å². The first kappa shape index (κ1) is 20.2. The second kappa shape index (κ2) is 9.51. The van der Waals surface area contributed by atoms with Crippen LogP contribution in [0.4, 0.5) is 11.4 Å². The maximum atomic E-state index is 12.1. The highest BCUT2D eigenvalue weighted by molar-refractivity contribution is 9.10. The van der Waals surface area contributed by atoms with Gasteiger partial charge in [0, 0.05) is 23.2 Å². The molecule has 0 saturated carbocycles. The summed E-state index contributed by atoms with van der Waals surface area (Å²) in [5, 5.41) is 13.5. The van der Waals surface area contributed by atoms with E-state index in [1.54, 1.807) is 11.9 Å². The lowest BCUT2D eigenvalue weighted by atomic mass is 10.3. The van der Waals surface area contributed by atoms with E-state index in [-0.39, 0.29) is 23.2 Å². The number of hydrogen-bond acceptors (Lipinski definition) is 5. The molecule has 0 aliphatic carbocycles. The van der Waals surface area contributed by atoms with Crippen molar-refractivity contribution in [3.8, 4) is 5.75 Å². The summed E-state index contributed by atoms with van der Waals surface area (Å²) in [6, 6.07) is 11.4. The fraction of sp³-hybridized carbons (Fsp3) is 0.235. The fourth-order valence-electron chi connectivity index (χ4n) is 2.08. The van der Waals surface area contributed by atoms with Gasteiger partial charge in [0.2, 0.25) is 5.91 Å². The zero-order chi connectivity index (χ0) is 19.1. The van der Waals surface area contributed by atoms with E-state index in [4.69, 9.17) is 16.3 Å². The lowest BCUT2D eigenvalue weighted by Crippen LogP contribution is -2.33. The average molecular weight is 443 g/mol. The third-order valence-electron chi connectivity index (χ3n) is 3.41. The number of likely N-dealkylation sites (N-methyl/N-ethyl adjacent to an activating group) is 1. The van der Waals surface area contributed by atoms with Crippen molar-refractivity contribution in [1.82, 2.24) is 4.90 Å². The smallest absolute Gasteiger partial charge is 0.271 e. The number of carbonyl (C=O) groups is 1. The molecule has 2 aromatic rings. The van der Waals surface area contributed by atoms with Gasteiger partial charge in [0.1, 0.15) is 12.4 Å². The standard InChI is InChI=1S/C17H17BrClN3O4/c1-21(8-9-26-14-5-2-12(18)3-6-14)11-17(23)20-16-7-4-13(22(24)25)10-15(16)19/h2-7,10H,8-9,11H2,1H3,(H,20,23). The first-order chi connectivity index (χ1) is 12.3. The molecular formula is C17H17BrClN3O4. The molecule has 0 aromatic heterocycles. The molecule has 1 amide bonds. The van der Waals surface area contributed by atoms with Crippen molar-refractivity contribution in [2.75, 3.05) is 32.1 Å². The number of nitro benzene ring substituents is 1. The largest absolute Gasteiger partial charge is 0.492 e. The summed E-state index contributed by atoms with van der Waals surface area (Å²) in [6.07, 6.45) is 0. The molecule has 0 fully saturated rings. The molecule has 0 radical (unpaired) electrons. The predicted molar refractivity (Wildman–Crippen MR) is 104 cm³/mol. The van der Waals surface area contributed by atoms with E-state index in [0.29, 0.717) is 18.8 Å². The molecule has 0 bridgehead atoms. The van der Waals surface area contributed by atoms with Crippen LogP contribution in [0.3, 0.4) is 0 Å². The highest BCUT2D eigenvalue weighted by atomic mass is 79.9. The van der Waals surface area contributed by atoms with Gasteiger partial charge in [-0.3, -0.25) is 19.8 Å². The third-order valence-corrected chi connectivity index (χ3v) is 4.25. The van der Waals surface area contributed by atoms with Crippen LogP contribution >= 0.6 is 27.5 Å². The van der Waals surface area contributed by atoms with E-state index in [9.17, 15) is 14.9 Å². The van der Waals surface area contributed by atoms with Gasteiger partial charge in [0.25, 0.3) is 5.69 Å². The van der Waals surface area contributed by atoms with Gasteiger partial charge in [-0.05, 0) is 37.4 Å². The molecule has 0 aliphatic heterocycles. The Bertz CT molecular complexity index is 786. The lowest BCUT2D eigenvalue weighted by molar-refractivity contribution is -0.384. The van der Waals surface area contributed by atoms with Crippen molar-refractivity contribution in [1.29, 1.82) is 0 Å². The zero-order valence-corrected chi connectivity index (χ0v) is 16.3. The molecular weight excluding hydrogens is 426 g/mol. The van der Waals surface area contributed by atoms with Crippen LogP contribution in [0, 0.1) is 10.1 Å². The minimum absolute atomic E-state index is 0.119. The molecule has 0 saturated heterocycles. The van der Waals surface area contributed by atoms with Crippen LogP contribution in [-0.2, 0) is 4.79 Å². The molecule has 0 atom stereocenters. The van der Waals surface area contributed by atoms with Crippen molar-refractivity contribution < 1.29 is 14.5 Å². The van der Waals surface area contributed by atoms with E-state index in [2.05, 4.69) is 21.2 Å². The lowest BCUT2D eigenvalue weighted by Gasteiger charge is -2.17. The van der Waals surface area contributed by atoms with Crippen molar-refractivity contribution in [2.24, 2.45) is 0 Å². The summed E-state index contributed by atoms with van der Waals surface area (Å²) >= 11 is 9.32. The van der Waals surface area contributed by atoms with Crippen molar-refractivity contribution in [2.45, 2.75) is 0 Å². The Hall–Kier alpha value is -2.16. The van der Waals surface area contributed by atoms with Gasteiger partial charge in [-0.25, -0.2) is 0 Å². The molecule has 1 N–H and O–H groups in total. The van der Waals surface area contributed by atoms with Crippen LogP contribution in [0.25, 0.3) is 0 Å². The number of hydrogen-bond donors (Lipinski definition) is 1. The van der Waals surface area contributed by atoms with Gasteiger partial charge in [-0.15, -0.1) is 0 Å². The highest BCUT2D eigenvalue weighted by Crippen LogP contribution is 2.26. The number of non-ortho nitro benzene ring substituents is 1. The summed E-state index contributed by atoms with van der Waals surface area (Å²) in [7, 11) is 1.79. The molecule has 138 valence electrons. The summed E-state index contributed by atoms with van der Waals surface area (Å²) in [4.78, 5) is 24.0. The Labute approximate surface area is 164 Å². The first-order valence-electron chi connectivity index (χ1n) is 7.66. The summed E-state index contributed by atoms with van der Waals surface area (Å²) in [6.45, 7) is 1.12. The molecule has 7 nitrogen and oxygen atoms in total. The third kappa shape index (κ3) is 6.29. The number of rotatable bonds is 8. The quantitative estimate of drug-likeness (QED) is 0.494. The predicted octanol–water partition coefficient (Wildman–Crippen LogP) is 3.96. The van der Waals surface area contributed by atoms with E-state index < -0.39 is 4.92 Å². The van der Waals surface area contributed by atoms with Crippen LogP contribution in [-0.4, -0.2) is 42.5 Å². The number of benzene rings is 2. The van der Waals surface area contributed by atoms with Gasteiger partial charge in [0.05, 0.1) is 22.2 Å². The SMILES string of the molecule is CN(CCOc1ccc(Br)cc1)CC(=O)Nc1ccc([N+](=O)[O-])cc1Cl. The number of ether oxygens (including phenoxy) is 1. The Kier molecular flexibility index (Phi) is 7.38. The highest BCUT2D eigenvalue weighted by Gasteiger charge is 2.12. The van der Waals surface area contributed by atoms with Gasteiger partial charge >= 0.3 is 0 Å². The number of nitrogens with zero attached hydrogens (tertiary/aromatic N) is 2. The Morgan fingerprint density at radius 2 is 2.00 bits per heavy atom. The van der Waals surface area contributed by atoms with Crippen LogP contribution in [0.1, 0.15) is 0 Å². The minimum Gasteiger partial charge on any atom is -0.492 e. The van der Waals surface area contributed by atoms with Crippen LogP contribution < -0.4 is 10.1 Å². The second-order valence-corrected chi connectivity index (χ2v) is 6.83. The minimum atomic E-state index is -0.545. The first-order valence-corrected chi connectivity index (χ1v) is 8.83. The maximum absolute atomic E-state index is 12.1. The van der Waals surface area contributed by atoms with E-state index in [0.717, 1.165) is 10.2 Å². The number of carbonyl (C=O) groups excluding carboxylic acids is 1. The van der Waals surface area contributed by atoms with Gasteiger partial charge in [-0.2, -0.15) is 0 Å². The van der Waals surface area contributed by atoms with Gasteiger partial charge < -0.3 is 10.1 Å². The number of halogens is 2. The van der Waals surface area contributed by atoms with E-state index in [1.807, 2.05) is 24.3 Å². The molecule has 2 rings (SSSR count). The molecule has 9 heteroatoms. The van der Waals surface area contributed by atoms with Crippen molar-refractivity contribution in [3.05, 3.63) is 62.1 Å². The number of nitro groups is 1. The molecule has 26 heavy (non-hydrogen) atoms. The molecule has 0 aliphatic rings. The van der Waals surface area contributed by atoms with Gasteiger partial charge in [-0.1, -0.05) is 27.5 Å². The van der Waals surface area contributed by atoms with E-state index >= 15 is 0 Å². The van der Waals surface area contributed by atoms with E-state index in [1.165, 1.54) is 18.2 Å². The molecule has 0 heterocycles. The summed E-state index contributed by atoms with van der Waals surface area (Å²) in [5.74, 6) is 0.482. The topological polar surface area (TPSA) is 84.7 Å². The molecule has 0 unspecified atom stereocenters. The van der Waals surface area contributed by atoms with Crippen molar-refractivity contribution in [3.63, 3.8) is 0 Å². The van der Waals surface area contributed by atoms with Crippen molar-refractivity contribution >= 4 is 44.8 Å². The molecule has 2 aromatic carbocycles. The Morgan fingerprint density at radius 1 is 1.31 bits per heavy atom. The van der Waals surface area contributed by atoms with Crippen LogP contribution in [0.15, 0.2) is 46.9 Å². The normalized spacial score (nSPS) is 10.6. The second-order valence-electron chi connectivity index (χ2n) is 5.51. The zero-order valence-electron chi connectivity index (χ0n) is 13.9. The monoisotopic (exact) mass is 441 g/mol. The maximum Gasteiger partial charge on any atom is 0.271 e. The summed E-state index contributed by atoms with van der Waals surface area (Å²) < 4.78 is 6.58. The average Bonchev–Trinajstić information content (AvgIpc) is 2.58. The number of amides is 1. The number of anilines is 1. The molecule has 0 spiro atoms. The van der Waals surface area contributed by atoms with Crippen LogP contribution in [0.2, 0.25) is 5.02 Å². The Morgan fingerprint density at radius 3 is 2.62 bits per heavy atom. The summed E-state index contributed by atoms with van der Waals surface area (Å²) in [5.41, 5.74) is 0.206. The fourth-order valence-corrected chi connectivity index (χ4v) is 2.57.